The monoisotopic (exact) mass is 467 g/mol. The molecular formula is C30H29NO4. The van der Waals surface area contributed by atoms with Crippen LogP contribution in [-0.2, 0) is 6.54 Å². The predicted molar refractivity (Wildman–Crippen MR) is 137 cm³/mol. The topological polar surface area (TPSA) is 59.8 Å². The van der Waals surface area contributed by atoms with Crippen LogP contribution in [0.25, 0.3) is 11.0 Å². The third kappa shape index (κ3) is 4.46. The van der Waals surface area contributed by atoms with Crippen molar-refractivity contribution in [3.8, 4) is 5.75 Å². The fourth-order valence-corrected chi connectivity index (χ4v) is 4.61. The largest absolute Gasteiger partial charge is 0.494 e. The van der Waals surface area contributed by atoms with Gasteiger partial charge in [-0.15, -0.1) is 0 Å². The van der Waals surface area contributed by atoms with E-state index in [4.69, 9.17) is 9.15 Å². The van der Waals surface area contributed by atoms with E-state index in [-0.39, 0.29) is 17.1 Å². The van der Waals surface area contributed by atoms with Gasteiger partial charge in [0.15, 0.2) is 5.43 Å². The average Bonchev–Trinajstić information content (AvgIpc) is 3.12. The van der Waals surface area contributed by atoms with Crippen molar-refractivity contribution in [2.24, 2.45) is 5.92 Å². The van der Waals surface area contributed by atoms with Crippen molar-refractivity contribution in [3.63, 3.8) is 0 Å². The Morgan fingerprint density at radius 1 is 0.971 bits per heavy atom. The molecule has 0 aliphatic carbocycles. The van der Waals surface area contributed by atoms with Crippen LogP contribution in [0.5, 0.6) is 5.75 Å². The molecule has 0 saturated carbocycles. The van der Waals surface area contributed by atoms with Crippen molar-refractivity contribution in [2.45, 2.75) is 39.8 Å². The van der Waals surface area contributed by atoms with Gasteiger partial charge in [0.2, 0.25) is 5.76 Å². The summed E-state index contributed by atoms with van der Waals surface area (Å²) in [6.45, 7) is 7.23. The highest BCUT2D eigenvalue weighted by atomic mass is 16.5. The average molecular weight is 468 g/mol. The van der Waals surface area contributed by atoms with E-state index in [1.165, 1.54) is 0 Å². The smallest absolute Gasteiger partial charge is 0.291 e. The summed E-state index contributed by atoms with van der Waals surface area (Å²) in [6, 6.07) is 22.4. The zero-order valence-corrected chi connectivity index (χ0v) is 20.3. The Morgan fingerprint density at radius 2 is 1.77 bits per heavy atom. The van der Waals surface area contributed by atoms with Crippen molar-refractivity contribution in [3.05, 3.63) is 111 Å². The Hall–Kier alpha value is -3.86. The van der Waals surface area contributed by atoms with Crippen LogP contribution in [0.4, 0.5) is 0 Å². The zero-order valence-electron chi connectivity index (χ0n) is 20.3. The summed E-state index contributed by atoms with van der Waals surface area (Å²) in [5, 5.41) is 0.493. The number of aryl methyl sites for hydroxylation is 1. The number of benzene rings is 3. The highest BCUT2D eigenvalue weighted by Gasteiger charge is 2.42. The second-order valence-corrected chi connectivity index (χ2v) is 9.60. The van der Waals surface area contributed by atoms with Crippen molar-refractivity contribution < 1.29 is 13.9 Å². The minimum absolute atomic E-state index is 0.124. The molecule has 1 unspecified atom stereocenters. The standard InChI is InChI=1S/C30H29NO4/c1-19(2)14-15-34-23-11-7-10-22(17-23)27-26-28(32)24-16-20(3)12-13-25(24)35-29(26)30(33)31(27)18-21-8-5-4-6-9-21/h4-13,16-17,19,27H,14-15,18H2,1-3H3. The molecule has 0 saturated heterocycles. The first-order valence-corrected chi connectivity index (χ1v) is 12.1. The molecule has 1 amide bonds. The third-order valence-corrected chi connectivity index (χ3v) is 6.45. The third-order valence-electron chi connectivity index (χ3n) is 6.45. The summed E-state index contributed by atoms with van der Waals surface area (Å²) in [6.07, 6.45) is 0.948. The summed E-state index contributed by atoms with van der Waals surface area (Å²) < 4.78 is 12.1. The van der Waals surface area contributed by atoms with Gasteiger partial charge in [0.25, 0.3) is 5.91 Å². The van der Waals surface area contributed by atoms with E-state index in [1.807, 2.05) is 73.7 Å². The van der Waals surface area contributed by atoms with Gasteiger partial charge in [-0.2, -0.15) is 0 Å². The molecule has 1 aliphatic rings. The van der Waals surface area contributed by atoms with Crippen LogP contribution in [0.2, 0.25) is 0 Å². The maximum atomic E-state index is 13.8. The fourth-order valence-electron chi connectivity index (χ4n) is 4.61. The lowest BCUT2D eigenvalue weighted by molar-refractivity contribution is 0.0714. The van der Waals surface area contributed by atoms with Gasteiger partial charge in [0.05, 0.1) is 23.6 Å². The Labute approximate surface area is 205 Å². The van der Waals surface area contributed by atoms with Gasteiger partial charge >= 0.3 is 0 Å². The number of hydrogen-bond acceptors (Lipinski definition) is 4. The molecule has 1 aromatic heterocycles. The molecule has 3 aromatic carbocycles. The molecule has 0 bridgehead atoms. The van der Waals surface area contributed by atoms with Crippen LogP contribution >= 0.6 is 0 Å². The van der Waals surface area contributed by atoms with Gasteiger partial charge < -0.3 is 14.1 Å². The lowest BCUT2D eigenvalue weighted by atomic mass is 9.97. The van der Waals surface area contributed by atoms with Gasteiger partial charge in [-0.25, -0.2) is 0 Å². The normalized spacial score (nSPS) is 15.1. The Morgan fingerprint density at radius 3 is 2.54 bits per heavy atom. The molecule has 0 spiro atoms. The van der Waals surface area contributed by atoms with Gasteiger partial charge in [-0.1, -0.05) is 67.9 Å². The van der Waals surface area contributed by atoms with Gasteiger partial charge in [-0.05, 0) is 54.7 Å². The molecule has 1 aliphatic heterocycles. The molecule has 0 N–H and O–H groups in total. The summed E-state index contributed by atoms with van der Waals surface area (Å²) >= 11 is 0. The molecule has 35 heavy (non-hydrogen) atoms. The highest BCUT2D eigenvalue weighted by Crippen LogP contribution is 2.40. The van der Waals surface area contributed by atoms with E-state index in [1.54, 1.807) is 11.0 Å². The van der Waals surface area contributed by atoms with Crippen LogP contribution in [0.15, 0.2) is 82.0 Å². The lowest BCUT2D eigenvalue weighted by Gasteiger charge is -2.25. The summed E-state index contributed by atoms with van der Waals surface area (Å²) in [5.41, 5.74) is 3.43. The molecule has 4 aromatic rings. The maximum Gasteiger partial charge on any atom is 0.291 e. The molecule has 0 fully saturated rings. The Balaban J connectivity index is 1.63. The van der Waals surface area contributed by atoms with Crippen molar-refractivity contribution in [1.29, 1.82) is 0 Å². The Bertz CT molecular complexity index is 1440. The second kappa shape index (κ2) is 9.41. The SMILES string of the molecule is Cc1ccc2oc3c(c(=O)c2c1)C(c1cccc(OCCC(C)C)c1)N(Cc1ccccc1)C3=O. The van der Waals surface area contributed by atoms with Gasteiger partial charge in [0.1, 0.15) is 11.3 Å². The van der Waals surface area contributed by atoms with Crippen molar-refractivity contribution in [2.75, 3.05) is 6.61 Å². The van der Waals surface area contributed by atoms with Gasteiger partial charge in [-0.3, -0.25) is 9.59 Å². The minimum atomic E-state index is -0.562. The first-order chi connectivity index (χ1) is 16.9. The van der Waals surface area contributed by atoms with Crippen LogP contribution in [0, 0.1) is 12.8 Å². The molecule has 178 valence electrons. The first kappa shape index (κ1) is 22.9. The summed E-state index contributed by atoms with van der Waals surface area (Å²) in [7, 11) is 0. The predicted octanol–water partition coefficient (Wildman–Crippen LogP) is 6.27. The molecule has 5 heteroatoms. The van der Waals surface area contributed by atoms with Crippen molar-refractivity contribution in [1.82, 2.24) is 4.90 Å². The highest BCUT2D eigenvalue weighted by molar-refractivity contribution is 5.99. The number of amides is 1. The fraction of sp³-hybridized carbons (Fsp3) is 0.267. The number of carbonyl (C=O) groups is 1. The molecule has 5 nitrogen and oxygen atoms in total. The second-order valence-electron chi connectivity index (χ2n) is 9.60. The number of carbonyl (C=O) groups excluding carboxylic acids is 1. The van der Waals surface area contributed by atoms with E-state index in [0.29, 0.717) is 35.6 Å². The van der Waals surface area contributed by atoms with Crippen LogP contribution in [0.1, 0.15) is 59.1 Å². The van der Waals surface area contributed by atoms with E-state index in [2.05, 4.69) is 13.8 Å². The molecular weight excluding hydrogens is 438 g/mol. The van der Waals surface area contributed by atoms with E-state index >= 15 is 0 Å². The Kier molecular flexibility index (Phi) is 6.16. The van der Waals surface area contributed by atoms with E-state index < -0.39 is 6.04 Å². The zero-order chi connectivity index (χ0) is 24.5. The molecule has 5 rings (SSSR count). The number of fused-ring (bicyclic) bond motifs is 2. The quantitative estimate of drug-likeness (QED) is 0.321. The maximum absolute atomic E-state index is 13.8. The van der Waals surface area contributed by atoms with Crippen LogP contribution < -0.4 is 10.2 Å². The van der Waals surface area contributed by atoms with Gasteiger partial charge in [0, 0.05) is 6.54 Å². The molecule has 0 radical (unpaired) electrons. The summed E-state index contributed by atoms with van der Waals surface area (Å²) in [4.78, 5) is 29.1. The van der Waals surface area contributed by atoms with Crippen molar-refractivity contribution >= 4 is 16.9 Å². The van der Waals surface area contributed by atoms with Crippen LogP contribution in [0.3, 0.4) is 0 Å². The number of ether oxygens (including phenoxy) is 1. The number of rotatable bonds is 7. The van der Waals surface area contributed by atoms with E-state index in [9.17, 15) is 9.59 Å². The number of hydrogen-bond donors (Lipinski definition) is 0. The van der Waals surface area contributed by atoms with Crippen LogP contribution in [-0.4, -0.2) is 17.4 Å². The number of nitrogens with zero attached hydrogens (tertiary/aromatic N) is 1. The minimum Gasteiger partial charge on any atom is -0.494 e. The molecule has 2 heterocycles. The summed E-state index contributed by atoms with van der Waals surface area (Å²) in [5.74, 6) is 1.11. The first-order valence-electron chi connectivity index (χ1n) is 12.1. The van der Waals surface area contributed by atoms with E-state index in [0.717, 1.165) is 28.9 Å². The molecule has 1 atom stereocenters. The lowest BCUT2D eigenvalue weighted by Crippen LogP contribution is -2.29.